The number of thiophene rings is 1. The molecule has 3 N–H and O–H groups in total. The Labute approximate surface area is 89.8 Å². The van der Waals surface area contributed by atoms with Crippen LogP contribution >= 0.6 is 11.3 Å². The van der Waals surface area contributed by atoms with Crippen molar-refractivity contribution in [3.63, 3.8) is 0 Å². The molecule has 0 saturated heterocycles. The molecule has 6 heteroatoms. The fraction of sp³-hybridized carbons (Fsp3) is 0.111. The van der Waals surface area contributed by atoms with E-state index in [9.17, 15) is 4.79 Å². The number of aromatic carboxylic acids is 1. The average Bonchev–Trinajstić information content (AvgIpc) is 2.76. The summed E-state index contributed by atoms with van der Waals surface area (Å²) in [5.74, 6) is -0.897. The second kappa shape index (κ2) is 3.74. The van der Waals surface area contributed by atoms with E-state index in [0.717, 1.165) is 4.88 Å². The molecule has 15 heavy (non-hydrogen) atoms. The van der Waals surface area contributed by atoms with Crippen LogP contribution in [0.5, 0.6) is 0 Å². The summed E-state index contributed by atoms with van der Waals surface area (Å²) in [7, 11) is 0. The molecule has 0 aliphatic carbocycles. The summed E-state index contributed by atoms with van der Waals surface area (Å²) < 4.78 is 1.67. The van der Waals surface area contributed by atoms with Crippen molar-refractivity contribution in [2.45, 2.75) is 6.54 Å². The van der Waals surface area contributed by atoms with Gasteiger partial charge in [-0.2, -0.15) is 5.10 Å². The zero-order valence-electron chi connectivity index (χ0n) is 7.75. The second-order valence-electron chi connectivity index (χ2n) is 3.04. The third-order valence-electron chi connectivity index (χ3n) is 1.84. The maximum Gasteiger partial charge on any atom is 0.345 e. The van der Waals surface area contributed by atoms with E-state index in [4.69, 9.17) is 10.8 Å². The van der Waals surface area contributed by atoms with Gasteiger partial charge in [0.15, 0.2) is 0 Å². The van der Waals surface area contributed by atoms with Crippen LogP contribution in [0.15, 0.2) is 24.5 Å². The van der Waals surface area contributed by atoms with Crippen molar-refractivity contribution < 1.29 is 9.90 Å². The number of nitrogen functional groups attached to an aromatic ring is 1. The lowest BCUT2D eigenvalue weighted by Crippen LogP contribution is -1.97. The molecule has 5 nitrogen and oxygen atoms in total. The molecular formula is C9H9N3O2S. The minimum atomic E-state index is -0.897. The number of rotatable bonds is 3. The average molecular weight is 223 g/mol. The molecule has 0 aliphatic heterocycles. The highest BCUT2D eigenvalue weighted by Gasteiger charge is 2.07. The Hall–Kier alpha value is -1.82. The van der Waals surface area contributed by atoms with Crippen LogP contribution < -0.4 is 5.73 Å². The number of carboxylic acid groups (broad SMARTS) is 1. The van der Waals surface area contributed by atoms with Crippen molar-refractivity contribution in [1.82, 2.24) is 9.78 Å². The molecule has 2 aromatic rings. The maximum absolute atomic E-state index is 10.6. The molecular weight excluding hydrogens is 214 g/mol. The number of carbonyl (C=O) groups is 1. The van der Waals surface area contributed by atoms with Crippen LogP contribution in [-0.4, -0.2) is 20.9 Å². The topological polar surface area (TPSA) is 81.1 Å². The Morgan fingerprint density at radius 2 is 2.40 bits per heavy atom. The Balaban J connectivity index is 2.14. The number of hydrogen-bond donors (Lipinski definition) is 2. The van der Waals surface area contributed by atoms with Gasteiger partial charge in [0.2, 0.25) is 0 Å². The quantitative estimate of drug-likeness (QED) is 0.821. The Morgan fingerprint density at radius 1 is 1.60 bits per heavy atom. The molecule has 2 aromatic heterocycles. The molecule has 0 saturated carbocycles. The summed E-state index contributed by atoms with van der Waals surface area (Å²) >= 11 is 1.24. The summed E-state index contributed by atoms with van der Waals surface area (Å²) in [6.45, 7) is 0.551. The fourth-order valence-electron chi connectivity index (χ4n) is 1.20. The van der Waals surface area contributed by atoms with Gasteiger partial charge in [0, 0.05) is 11.1 Å². The fourth-order valence-corrected chi connectivity index (χ4v) is 2.04. The van der Waals surface area contributed by atoms with Gasteiger partial charge in [-0.05, 0) is 12.1 Å². The van der Waals surface area contributed by atoms with Crippen molar-refractivity contribution in [2.75, 3.05) is 5.73 Å². The molecule has 0 aliphatic rings. The van der Waals surface area contributed by atoms with Crippen molar-refractivity contribution >= 4 is 23.0 Å². The summed E-state index contributed by atoms with van der Waals surface area (Å²) in [5, 5.41) is 12.8. The van der Waals surface area contributed by atoms with E-state index in [1.54, 1.807) is 29.2 Å². The zero-order chi connectivity index (χ0) is 10.8. The zero-order valence-corrected chi connectivity index (χ0v) is 8.57. The van der Waals surface area contributed by atoms with Gasteiger partial charge in [-0.25, -0.2) is 4.79 Å². The van der Waals surface area contributed by atoms with E-state index in [0.29, 0.717) is 17.1 Å². The summed E-state index contributed by atoms with van der Waals surface area (Å²) in [5.41, 5.74) is 6.11. The van der Waals surface area contributed by atoms with Crippen LogP contribution in [0.2, 0.25) is 0 Å². The molecule has 0 unspecified atom stereocenters. The van der Waals surface area contributed by atoms with Gasteiger partial charge in [0.1, 0.15) is 4.88 Å². The monoisotopic (exact) mass is 223 g/mol. The lowest BCUT2D eigenvalue weighted by atomic mass is 10.4. The van der Waals surface area contributed by atoms with Gasteiger partial charge in [-0.3, -0.25) is 4.68 Å². The third-order valence-corrected chi connectivity index (χ3v) is 2.90. The van der Waals surface area contributed by atoms with Crippen molar-refractivity contribution in [2.24, 2.45) is 0 Å². The first-order chi connectivity index (χ1) is 7.15. The van der Waals surface area contributed by atoms with Crippen molar-refractivity contribution in [1.29, 1.82) is 0 Å². The van der Waals surface area contributed by atoms with Crippen molar-refractivity contribution in [3.8, 4) is 0 Å². The molecule has 0 spiro atoms. The summed E-state index contributed by atoms with van der Waals surface area (Å²) in [6, 6.07) is 3.38. The van der Waals surface area contributed by atoms with Crippen LogP contribution in [-0.2, 0) is 6.54 Å². The summed E-state index contributed by atoms with van der Waals surface area (Å²) in [6.07, 6.45) is 3.27. The predicted molar refractivity (Wildman–Crippen MR) is 57.0 cm³/mol. The molecule has 2 rings (SSSR count). The number of hydrogen-bond acceptors (Lipinski definition) is 4. The van der Waals surface area contributed by atoms with E-state index in [1.165, 1.54) is 11.3 Å². The highest BCUT2D eigenvalue weighted by atomic mass is 32.1. The number of nitrogens with zero attached hydrogens (tertiary/aromatic N) is 2. The predicted octanol–water partition coefficient (Wildman–Crippen LogP) is 1.27. The van der Waals surface area contributed by atoms with Gasteiger partial charge in [0.05, 0.1) is 18.4 Å². The normalized spacial score (nSPS) is 10.4. The number of carboxylic acids is 1. The minimum absolute atomic E-state index is 0.338. The van der Waals surface area contributed by atoms with E-state index < -0.39 is 5.97 Å². The van der Waals surface area contributed by atoms with E-state index in [1.807, 2.05) is 0 Å². The molecule has 0 radical (unpaired) electrons. The van der Waals surface area contributed by atoms with E-state index >= 15 is 0 Å². The first kappa shape index (κ1) is 9.72. The second-order valence-corrected chi connectivity index (χ2v) is 4.21. The van der Waals surface area contributed by atoms with Crippen LogP contribution in [0.3, 0.4) is 0 Å². The largest absolute Gasteiger partial charge is 0.477 e. The van der Waals surface area contributed by atoms with Crippen LogP contribution in [0.25, 0.3) is 0 Å². The standard InChI is InChI=1S/C9H9N3O2S/c10-6-3-11-12(4-6)5-7-1-2-8(15-7)9(13)14/h1-4H,5,10H2,(H,13,14). The first-order valence-electron chi connectivity index (χ1n) is 4.25. The van der Waals surface area contributed by atoms with Gasteiger partial charge in [-0.15, -0.1) is 11.3 Å². The number of aromatic nitrogens is 2. The van der Waals surface area contributed by atoms with E-state index in [-0.39, 0.29) is 0 Å². The van der Waals surface area contributed by atoms with Crippen LogP contribution in [0.4, 0.5) is 5.69 Å². The molecule has 0 atom stereocenters. The van der Waals surface area contributed by atoms with Gasteiger partial charge in [-0.1, -0.05) is 0 Å². The Morgan fingerprint density at radius 3 is 2.93 bits per heavy atom. The van der Waals surface area contributed by atoms with Gasteiger partial charge in [0.25, 0.3) is 0 Å². The molecule has 0 bridgehead atoms. The number of anilines is 1. The van der Waals surface area contributed by atoms with Crippen molar-refractivity contribution in [3.05, 3.63) is 34.3 Å². The third kappa shape index (κ3) is 2.16. The molecule has 0 aromatic carbocycles. The molecule has 2 heterocycles. The molecule has 0 fully saturated rings. The molecule has 78 valence electrons. The van der Waals surface area contributed by atoms with Gasteiger partial charge >= 0.3 is 5.97 Å². The van der Waals surface area contributed by atoms with Crippen LogP contribution in [0.1, 0.15) is 14.5 Å². The highest BCUT2D eigenvalue weighted by Crippen LogP contribution is 2.17. The van der Waals surface area contributed by atoms with E-state index in [2.05, 4.69) is 5.10 Å². The highest BCUT2D eigenvalue weighted by molar-refractivity contribution is 7.13. The Kier molecular flexibility index (Phi) is 2.42. The lowest BCUT2D eigenvalue weighted by molar-refractivity contribution is 0.0702. The van der Waals surface area contributed by atoms with Crippen LogP contribution in [0, 0.1) is 0 Å². The maximum atomic E-state index is 10.6. The first-order valence-corrected chi connectivity index (χ1v) is 5.07. The number of nitrogens with two attached hydrogens (primary N) is 1. The molecule has 0 amide bonds. The van der Waals surface area contributed by atoms with Gasteiger partial charge < -0.3 is 10.8 Å². The smallest absolute Gasteiger partial charge is 0.345 e. The summed E-state index contributed by atoms with van der Waals surface area (Å²) in [4.78, 5) is 11.9. The lowest BCUT2D eigenvalue weighted by Gasteiger charge is -1.96. The Bertz CT molecular complexity index is 489. The SMILES string of the molecule is Nc1cnn(Cc2ccc(C(=O)O)s2)c1. The minimum Gasteiger partial charge on any atom is -0.477 e.